The summed E-state index contributed by atoms with van der Waals surface area (Å²) in [6.07, 6.45) is 0. The van der Waals surface area contributed by atoms with Crippen LogP contribution >= 0.6 is 0 Å². The first-order valence-corrected chi connectivity index (χ1v) is 24.7. The van der Waals surface area contributed by atoms with Gasteiger partial charge < -0.3 is 9.13 Å². The van der Waals surface area contributed by atoms with Gasteiger partial charge in [-0.3, -0.25) is 0 Å². The summed E-state index contributed by atoms with van der Waals surface area (Å²) in [6, 6.07) is 94.3. The summed E-state index contributed by atoms with van der Waals surface area (Å²) in [7, 11) is 0. The van der Waals surface area contributed by atoms with Gasteiger partial charge in [0.1, 0.15) is 0 Å². The molecule has 2 heterocycles. The minimum absolute atomic E-state index is 0.152. The maximum absolute atomic E-state index is 2.55. The van der Waals surface area contributed by atoms with Crippen molar-refractivity contribution >= 4 is 43.6 Å². The smallest absolute Gasteiger partial charge is 0.0544 e. The number of nitrogens with zero attached hydrogens (tertiary/aromatic N) is 2. The molecule has 1 aliphatic carbocycles. The summed E-state index contributed by atoms with van der Waals surface area (Å²) in [5, 5.41) is 4.97. The summed E-state index contributed by atoms with van der Waals surface area (Å²) in [5.41, 5.74) is 24.3. The lowest BCUT2D eigenvalue weighted by Crippen LogP contribution is -2.15. The third-order valence-electron chi connectivity index (χ3n) is 15.3. The Bertz CT molecular complexity index is 4200. The number of aromatic nitrogens is 2. The second kappa shape index (κ2) is 16.1. The lowest BCUT2D eigenvalue weighted by Gasteiger charge is -2.22. The standard InChI is InChI=1S/C69H48N2/c1-69(2)62-26-16-15-25-55(62)57-43-61-60-41-51(47-21-11-5-12-22-47)32-38-67(60)71(68(61)44-63(57)69)64-35-33-52(39-56(64)49-29-27-48(28-30-49)45-17-7-3-8-18-45)53-34-37-66-59(42-53)58-40-50(46-19-9-4-10-20-46)31-36-65(58)70(66)54-23-13-6-14-24-54/h3-44H,1-2H3. The monoisotopic (exact) mass is 904 g/mol. The highest BCUT2D eigenvalue weighted by molar-refractivity contribution is 6.14. The molecule has 0 atom stereocenters. The zero-order chi connectivity index (χ0) is 47.2. The molecule has 0 spiro atoms. The third kappa shape index (κ3) is 6.56. The van der Waals surface area contributed by atoms with E-state index in [1.54, 1.807) is 0 Å². The second-order valence-corrected chi connectivity index (χ2v) is 19.7. The van der Waals surface area contributed by atoms with Gasteiger partial charge >= 0.3 is 0 Å². The fraction of sp³-hybridized carbons (Fsp3) is 0.0435. The van der Waals surface area contributed by atoms with Gasteiger partial charge in [0.15, 0.2) is 0 Å². The maximum Gasteiger partial charge on any atom is 0.0544 e. The third-order valence-corrected chi connectivity index (χ3v) is 15.3. The normalized spacial score (nSPS) is 12.8. The van der Waals surface area contributed by atoms with Crippen LogP contribution in [0.2, 0.25) is 0 Å². The summed E-state index contributed by atoms with van der Waals surface area (Å²) in [6.45, 7) is 4.77. The minimum atomic E-state index is -0.152. The largest absolute Gasteiger partial charge is 0.309 e. The van der Waals surface area contributed by atoms with Gasteiger partial charge in [0.25, 0.3) is 0 Å². The molecule has 0 aliphatic heterocycles. The zero-order valence-corrected chi connectivity index (χ0v) is 39.6. The van der Waals surface area contributed by atoms with Gasteiger partial charge in [-0.1, -0.05) is 196 Å². The van der Waals surface area contributed by atoms with Crippen molar-refractivity contribution in [1.29, 1.82) is 0 Å². The lowest BCUT2D eigenvalue weighted by atomic mass is 9.82. The van der Waals surface area contributed by atoms with Gasteiger partial charge in [-0.15, -0.1) is 0 Å². The first-order chi connectivity index (χ1) is 35.0. The van der Waals surface area contributed by atoms with E-state index < -0.39 is 0 Å². The van der Waals surface area contributed by atoms with Crippen LogP contribution < -0.4 is 0 Å². The van der Waals surface area contributed by atoms with E-state index in [1.807, 2.05) is 0 Å². The van der Waals surface area contributed by atoms with Crippen molar-refractivity contribution in [2.75, 3.05) is 0 Å². The van der Waals surface area contributed by atoms with Crippen LogP contribution in [0.15, 0.2) is 255 Å². The number of hydrogen-bond donors (Lipinski definition) is 0. The molecular weight excluding hydrogens is 857 g/mol. The molecule has 2 nitrogen and oxygen atoms in total. The van der Waals surface area contributed by atoms with E-state index in [0.717, 1.165) is 11.4 Å². The minimum Gasteiger partial charge on any atom is -0.309 e. The summed E-state index contributed by atoms with van der Waals surface area (Å²) in [4.78, 5) is 0. The SMILES string of the molecule is CC1(C)c2ccccc2-c2cc3c4cc(-c5ccccc5)ccc4n(-c4ccc(-c5ccc6c(c5)c5cc(-c7ccccc7)ccc5n6-c5ccccc5)cc4-c4ccc(-c5ccccc5)cc4)c3cc21. The van der Waals surface area contributed by atoms with E-state index >= 15 is 0 Å². The first-order valence-electron chi connectivity index (χ1n) is 24.7. The molecule has 2 aromatic heterocycles. The molecule has 0 saturated carbocycles. The Labute approximate surface area is 414 Å². The zero-order valence-electron chi connectivity index (χ0n) is 39.6. The molecule has 0 N–H and O–H groups in total. The van der Waals surface area contributed by atoms with Gasteiger partial charge in [0.2, 0.25) is 0 Å². The Morgan fingerprint density at radius 2 is 0.662 bits per heavy atom. The van der Waals surface area contributed by atoms with E-state index in [4.69, 9.17) is 0 Å². The Balaban J connectivity index is 1.01. The van der Waals surface area contributed by atoms with Crippen LogP contribution in [-0.2, 0) is 5.41 Å². The molecule has 0 unspecified atom stereocenters. The lowest BCUT2D eigenvalue weighted by molar-refractivity contribution is 0.661. The number of para-hydroxylation sites is 1. The summed E-state index contributed by atoms with van der Waals surface area (Å²) >= 11 is 0. The van der Waals surface area contributed by atoms with Gasteiger partial charge in [0.05, 0.1) is 27.8 Å². The van der Waals surface area contributed by atoms with Crippen molar-refractivity contribution in [3.8, 4) is 78.1 Å². The van der Waals surface area contributed by atoms with Crippen LogP contribution in [-0.4, -0.2) is 9.13 Å². The van der Waals surface area contributed by atoms with E-state index in [1.165, 1.54) is 122 Å². The van der Waals surface area contributed by atoms with Gasteiger partial charge in [-0.2, -0.15) is 0 Å². The van der Waals surface area contributed by atoms with Crippen LogP contribution in [0.1, 0.15) is 25.0 Å². The van der Waals surface area contributed by atoms with Crippen molar-refractivity contribution in [2.24, 2.45) is 0 Å². The maximum atomic E-state index is 2.55. The molecule has 0 saturated heterocycles. The van der Waals surface area contributed by atoms with Crippen molar-refractivity contribution in [1.82, 2.24) is 9.13 Å². The number of benzene rings is 11. The fourth-order valence-corrected chi connectivity index (χ4v) is 11.8. The van der Waals surface area contributed by atoms with Crippen molar-refractivity contribution in [2.45, 2.75) is 19.3 Å². The quantitative estimate of drug-likeness (QED) is 0.151. The molecule has 71 heavy (non-hydrogen) atoms. The van der Waals surface area contributed by atoms with Crippen LogP contribution in [0.25, 0.3) is 122 Å². The number of hydrogen-bond acceptors (Lipinski definition) is 0. The molecule has 13 aromatic rings. The highest BCUT2D eigenvalue weighted by Gasteiger charge is 2.36. The van der Waals surface area contributed by atoms with E-state index in [2.05, 4.69) is 278 Å². The predicted octanol–water partition coefficient (Wildman–Crippen LogP) is 18.5. The van der Waals surface area contributed by atoms with Gasteiger partial charge in [-0.05, 0) is 145 Å². The molecule has 0 bridgehead atoms. The van der Waals surface area contributed by atoms with Crippen molar-refractivity contribution < 1.29 is 0 Å². The average molecular weight is 905 g/mol. The first kappa shape index (κ1) is 41.0. The Hall–Kier alpha value is -8.98. The van der Waals surface area contributed by atoms with E-state index in [0.29, 0.717) is 0 Å². The second-order valence-electron chi connectivity index (χ2n) is 19.7. The highest BCUT2D eigenvalue weighted by Crippen LogP contribution is 2.52. The summed E-state index contributed by atoms with van der Waals surface area (Å²) < 4.78 is 4.96. The molecule has 11 aromatic carbocycles. The highest BCUT2D eigenvalue weighted by atomic mass is 15.0. The molecule has 2 heteroatoms. The van der Waals surface area contributed by atoms with Crippen molar-refractivity contribution in [3.63, 3.8) is 0 Å². The molecule has 0 radical (unpaired) electrons. The molecular formula is C69H48N2. The molecule has 0 fully saturated rings. The molecule has 334 valence electrons. The number of rotatable bonds is 7. The Kier molecular flexibility index (Phi) is 9.28. The fourth-order valence-electron chi connectivity index (χ4n) is 11.8. The van der Waals surface area contributed by atoms with Crippen LogP contribution in [0, 0.1) is 0 Å². The average Bonchev–Trinajstić information content (AvgIpc) is 4.02. The predicted molar refractivity (Wildman–Crippen MR) is 300 cm³/mol. The van der Waals surface area contributed by atoms with Crippen LogP contribution in [0.3, 0.4) is 0 Å². The van der Waals surface area contributed by atoms with Gasteiger partial charge in [-0.25, -0.2) is 0 Å². The van der Waals surface area contributed by atoms with E-state index in [-0.39, 0.29) is 5.41 Å². The topological polar surface area (TPSA) is 9.86 Å². The van der Waals surface area contributed by atoms with Crippen LogP contribution in [0.5, 0.6) is 0 Å². The molecule has 0 amide bonds. The molecule has 14 rings (SSSR count). The van der Waals surface area contributed by atoms with Crippen LogP contribution in [0.4, 0.5) is 0 Å². The number of fused-ring (bicyclic) bond motifs is 9. The molecule has 1 aliphatic rings. The summed E-state index contributed by atoms with van der Waals surface area (Å²) in [5.74, 6) is 0. The van der Waals surface area contributed by atoms with Crippen molar-refractivity contribution in [3.05, 3.63) is 266 Å². The Morgan fingerprint density at radius 3 is 1.24 bits per heavy atom. The Morgan fingerprint density at radius 1 is 0.254 bits per heavy atom. The van der Waals surface area contributed by atoms with E-state index in [9.17, 15) is 0 Å². The van der Waals surface area contributed by atoms with Gasteiger partial charge in [0, 0.05) is 38.2 Å².